The zero-order valence-electron chi connectivity index (χ0n) is 12.2. The van der Waals surface area contributed by atoms with Crippen LogP contribution in [0.2, 0.25) is 0 Å². The third kappa shape index (κ3) is 3.29. The number of hydrogen-bond acceptors (Lipinski definition) is 2. The van der Waals surface area contributed by atoms with Crippen LogP contribution in [-0.4, -0.2) is 19.0 Å². The minimum atomic E-state index is 0.235. The fourth-order valence-corrected chi connectivity index (χ4v) is 2.93. The van der Waals surface area contributed by atoms with E-state index in [-0.39, 0.29) is 6.04 Å². The largest absolute Gasteiger partial charge is 0.326 e. The molecule has 0 spiro atoms. The van der Waals surface area contributed by atoms with Crippen molar-refractivity contribution in [3.8, 4) is 0 Å². The van der Waals surface area contributed by atoms with Crippen LogP contribution < -0.4 is 5.73 Å². The summed E-state index contributed by atoms with van der Waals surface area (Å²) in [7, 11) is 4.22. The molecule has 0 aliphatic carbocycles. The molecule has 3 heteroatoms. The summed E-state index contributed by atoms with van der Waals surface area (Å²) < 4.78 is 1.11. The van der Waals surface area contributed by atoms with Crippen LogP contribution in [0.5, 0.6) is 0 Å². The monoisotopic (exact) mass is 332 g/mol. The van der Waals surface area contributed by atoms with Crippen molar-refractivity contribution >= 4 is 15.9 Å². The van der Waals surface area contributed by atoms with Crippen molar-refractivity contribution in [3.63, 3.8) is 0 Å². The van der Waals surface area contributed by atoms with E-state index in [9.17, 15) is 0 Å². The van der Waals surface area contributed by atoms with Crippen molar-refractivity contribution in [3.05, 3.63) is 69.2 Å². The van der Waals surface area contributed by atoms with E-state index in [1.165, 1.54) is 22.3 Å². The molecule has 106 valence electrons. The molecule has 0 heterocycles. The molecule has 0 bridgehead atoms. The number of halogens is 1. The van der Waals surface area contributed by atoms with Crippen molar-refractivity contribution in [2.45, 2.75) is 19.5 Å². The molecule has 0 fully saturated rings. The lowest BCUT2D eigenvalue weighted by molar-refractivity contribution is 0.341. The summed E-state index contributed by atoms with van der Waals surface area (Å²) in [6.45, 7) is 2.73. The molecule has 1 atom stereocenters. The van der Waals surface area contributed by atoms with E-state index in [1.54, 1.807) is 0 Å². The summed E-state index contributed by atoms with van der Waals surface area (Å²) in [4.78, 5) is 2.24. The Morgan fingerprint density at radius 2 is 1.90 bits per heavy atom. The molecular formula is C17H21BrN2. The highest BCUT2D eigenvalue weighted by atomic mass is 79.9. The summed E-state index contributed by atoms with van der Waals surface area (Å²) >= 11 is 3.58. The molecule has 2 N–H and O–H groups in total. The molecular weight excluding hydrogens is 312 g/mol. The number of aryl methyl sites for hydroxylation is 1. The molecule has 2 aromatic rings. The zero-order valence-corrected chi connectivity index (χ0v) is 13.8. The Labute approximate surface area is 129 Å². The Kier molecular flexibility index (Phi) is 4.97. The first-order valence-corrected chi connectivity index (χ1v) is 7.53. The summed E-state index contributed by atoms with van der Waals surface area (Å²) in [6, 6.07) is 15.2. The van der Waals surface area contributed by atoms with E-state index in [2.05, 4.69) is 84.3 Å². The summed E-state index contributed by atoms with van der Waals surface area (Å²) in [5.74, 6) is 0. The standard InChI is InChI=1S/C17H21BrN2/c1-12-7-8-15(18)10-16(12)17(20(2)3)14-6-4-5-13(9-14)11-19/h4-10,17H,11,19H2,1-3H3. The third-order valence-electron chi connectivity index (χ3n) is 3.55. The van der Waals surface area contributed by atoms with E-state index in [0.717, 1.165) is 4.47 Å². The van der Waals surface area contributed by atoms with Gasteiger partial charge in [-0.25, -0.2) is 0 Å². The normalized spacial score (nSPS) is 12.7. The van der Waals surface area contributed by atoms with Gasteiger partial charge < -0.3 is 5.73 Å². The number of hydrogen-bond donors (Lipinski definition) is 1. The highest BCUT2D eigenvalue weighted by Gasteiger charge is 2.19. The molecule has 0 radical (unpaired) electrons. The summed E-state index contributed by atoms with van der Waals surface area (Å²) in [5, 5.41) is 0. The minimum absolute atomic E-state index is 0.235. The number of benzene rings is 2. The van der Waals surface area contributed by atoms with Gasteiger partial charge in [0, 0.05) is 11.0 Å². The molecule has 0 saturated carbocycles. The molecule has 0 aliphatic rings. The Bertz CT molecular complexity index is 593. The van der Waals surface area contributed by atoms with Gasteiger partial charge in [0.25, 0.3) is 0 Å². The maximum atomic E-state index is 5.77. The van der Waals surface area contributed by atoms with Crippen molar-refractivity contribution in [2.75, 3.05) is 14.1 Å². The van der Waals surface area contributed by atoms with Gasteiger partial charge in [-0.1, -0.05) is 46.3 Å². The van der Waals surface area contributed by atoms with Crippen LogP contribution in [-0.2, 0) is 6.54 Å². The Hall–Kier alpha value is -1.16. The van der Waals surface area contributed by atoms with Gasteiger partial charge in [0.05, 0.1) is 6.04 Å². The van der Waals surface area contributed by atoms with E-state index in [0.29, 0.717) is 6.54 Å². The van der Waals surface area contributed by atoms with Crippen LogP contribution in [0.4, 0.5) is 0 Å². The lowest BCUT2D eigenvalue weighted by Crippen LogP contribution is -2.22. The van der Waals surface area contributed by atoms with E-state index in [1.807, 2.05) is 0 Å². The molecule has 0 aromatic heterocycles. The molecule has 0 aliphatic heterocycles. The smallest absolute Gasteiger partial charge is 0.0599 e. The van der Waals surface area contributed by atoms with Gasteiger partial charge in [0.15, 0.2) is 0 Å². The molecule has 2 aromatic carbocycles. The average Bonchev–Trinajstić information content (AvgIpc) is 2.43. The van der Waals surface area contributed by atoms with Crippen LogP contribution in [0.15, 0.2) is 46.9 Å². The molecule has 2 nitrogen and oxygen atoms in total. The third-order valence-corrected chi connectivity index (χ3v) is 4.05. The van der Waals surface area contributed by atoms with Gasteiger partial charge in [-0.3, -0.25) is 4.90 Å². The maximum Gasteiger partial charge on any atom is 0.0599 e. The molecule has 1 unspecified atom stereocenters. The first kappa shape index (κ1) is 15.2. The minimum Gasteiger partial charge on any atom is -0.326 e. The van der Waals surface area contributed by atoms with Crippen LogP contribution in [0.1, 0.15) is 28.3 Å². The molecule has 20 heavy (non-hydrogen) atoms. The lowest BCUT2D eigenvalue weighted by atomic mass is 9.93. The Morgan fingerprint density at radius 1 is 1.15 bits per heavy atom. The van der Waals surface area contributed by atoms with Gasteiger partial charge in [0.2, 0.25) is 0 Å². The molecule has 2 rings (SSSR count). The van der Waals surface area contributed by atoms with Crippen molar-refractivity contribution in [1.82, 2.24) is 4.90 Å². The van der Waals surface area contributed by atoms with Crippen LogP contribution in [0.25, 0.3) is 0 Å². The zero-order chi connectivity index (χ0) is 14.7. The second kappa shape index (κ2) is 6.53. The maximum absolute atomic E-state index is 5.77. The van der Waals surface area contributed by atoms with E-state index >= 15 is 0 Å². The van der Waals surface area contributed by atoms with Gasteiger partial charge >= 0.3 is 0 Å². The topological polar surface area (TPSA) is 29.3 Å². The van der Waals surface area contributed by atoms with Crippen LogP contribution in [0.3, 0.4) is 0 Å². The Balaban J connectivity index is 2.53. The van der Waals surface area contributed by atoms with Crippen LogP contribution >= 0.6 is 15.9 Å². The fraction of sp³-hybridized carbons (Fsp3) is 0.294. The lowest BCUT2D eigenvalue weighted by Gasteiger charge is -2.27. The second-order valence-corrected chi connectivity index (χ2v) is 6.23. The van der Waals surface area contributed by atoms with Crippen molar-refractivity contribution in [2.24, 2.45) is 5.73 Å². The highest BCUT2D eigenvalue weighted by molar-refractivity contribution is 9.10. The van der Waals surface area contributed by atoms with Crippen molar-refractivity contribution in [1.29, 1.82) is 0 Å². The van der Waals surface area contributed by atoms with Gasteiger partial charge in [-0.2, -0.15) is 0 Å². The highest BCUT2D eigenvalue weighted by Crippen LogP contribution is 2.31. The number of rotatable bonds is 4. The summed E-state index contributed by atoms with van der Waals surface area (Å²) in [5.41, 5.74) is 10.8. The molecule has 0 amide bonds. The number of nitrogens with two attached hydrogens (primary N) is 1. The van der Waals surface area contributed by atoms with Crippen molar-refractivity contribution < 1.29 is 0 Å². The van der Waals surface area contributed by atoms with Gasteiger partial charge in [-0.15, -0.1) is 0 Å². The van der Waals surface area contributed by atoms with Crippen LogP contribution in [0, 0.1) is 6.92 Å². The fourth-order valence-electron chi connectivity index (χ4n) is 2.55. The first-order valence-electron chi connectivity index (χ1n) is 6.74. The first-order chi connectivity index (χ1) is 9.52. The van der Waals surface area contributed by atoms with Gasteiger partial charge in [0.1, 0.15) is 0 Å². The average molecular weight is 333 g/mol. The molecule has 0 saturated heterocycles. The summed E-state index contributed by atoms with van der Waals surface area (Å²) in [6.07, 6.45) is 0. The predicted octanol–water partition coefficient (Wildman–Crippen LogP) is 3.87. The van der Waals surface area contributed by atoms with Gasteiger partial charge in [-0.05, 0) is 55.4 Å². The Morgan fingerprint density at radius 3 is 2.55 bits per heavy atom. The number of nitrogens with zero attached hydrogens (tertiary/aromatic N) is 1. The second-order valence-electron chi connectivity index (χ2n) is 5.32. The predicted molar refractivity (Wildman–Crippen MR) is 88.7 cm³/mol. The SMILES string of the molecule is Cc1ccc(Br)cc1C(c1cccc(CN)c1)N(C)C. The van der Waals surface area contributed by atoms with E-state index < -0.39 is 0 Å². The van der Waals surface area contributed by atoms with E-state index in [4.69, 9.17) is 5.73 Å². The quantitative estimate of drug-likeness (QED) is 0.920.